The van der Waals surface area contributed by atoms with Crippen molar-refractivity contribution in [1.82, 2.24) is 10.2 Å². The molecule has 0 aromatic heterocycles. The van der Waals surface area contributed by atoms with E-state index in [0.29, 0.717) is 16.3 Å². The molecule has 0 saturated carbocycles. The number of hydrogen-bond donors (Lipinski definition) is 1. The molecule has 3 aromatic rings. The first-order valence-electron chi connectivity index (χ1n) is 13.3. The predicted molar refractivity (Wildman–Crippen MR) is 161 cm³/mol. The zero-order valence-corrected chi connectivity index (χ0v) is 25.5. The first kappa shape index (κ1) is 31.2. The summed E-state index contributed by atoms with van der Waals surface area (Å²) in [4.78, 5) is 28.7. The number of aryl methyl sites for hydroxylation is 3. The Kier molecular flexibility index (Phi) is 10.4. The molecule has 3 rings (SSSR count). The van der Waals surface area contributed by atoms with Gasteiger partial charge in [-0.2, -0.15) is 0 Å². The first-order chi connectivity index (χ1) is 18.8. The Bertz CT molecular complexity index is 1440. The smallest absolute Gasteiger partial charge is 0.264 e. The normalized spacial score (nSPS) is 12.9. The molecule has 9 heteroatoms. The zero-order chi connectivity index (χ0) is 29.6. The van der Waals surface area contributed by atoms with Crippen LogP contribution in [0.15, 0.2) is 71.6 Å². The fraction of sp³-hybridized carbons (Fsp3) is 0.355. The fourth-order valence-electron chi connectivity index (χ4n) is 4.14. The van der Waals surface area contributed by atoms with Crippen LogP contribution in [0, 0.1) is 20.8 Å². The molecule has 2 atom stereocenters. The standard InChI is InChI=1S/C31H38ClN3O4S/c1-7-24(5)33-31(37)25(6)34(19-26-13-8-21(2)9-14-26)30(36)20-35(29-18-27(32)15-12-23(29)4)40(38,39)28-16-10-22(3)11-17-28/h8-18,24-25H,7,19-20H2,1-6H3,(H,33,37)/t24-,25-/m1/s1. The second-order valence-corrected chi connectivity index (χ2v) is 12.6. The Balaban J connectivity index is 2.06. The Morgan fingerprint density at radius 1 is 0.900 bits per heavy atom. The van der Waals surface area contributed by atoms with Gasteiger partial charge in [0.05, 0.1) is 10.6 Å². The number of carbonyl (C=O) groups is 2. The molecule has 2 amide bonds. The molecule has 214 valence electrons. The molecule has 0 unspecified atom stereocenters. The average molecular weight is 584 g/mol. The first-order valence-corrected chi connectivity index (χ1v) is 15.2. The van der Waals surface area contributed by atoms with Gasteiger partial charge in [-0.25, -0.2) is 8.42 Å². The highest BCUT2D eigenvalue weighted by Crippen LogP contribution is 2.30. The highest BCUT2D eigenvalue weighted by atomic mass is 35.5. The molecule has 40 heavy (non-hydrogen) atoms. The molecule has 0 aliphatic rings. The predicted octanol–water partition coefficient (Wildman–Crippen LogP) is 5.79. The van der Waals surface area contributed by atoms with Gasteiger partial charge in [-0.05, 0) is 76.4 Å². The van der Waals surface area contributed by atoms with Gasteiger partial charge in [0.15, 0.2) is 0 Å². The summed E-state index contributed by atoms with van der Waals surface area (Å²) in [6, 6.07) is 18.2. The van der Waals surface area contributed by atoms with Crippen molar-refractivity contribution in [1.29, 1.82) is 0 Å². The lowest BCUT2D eigenvalue weighted by Crippen LogP contribution is -2.52. The Morgan fingerprint density at radius 2 is 1.48 bits per heavy atom. The van der Waals surface area contributed by atoms with Gasteiger partial charge in [0.2, 0.25) is 11.8 Å². The van der Waals surface area contributed by atoms with Crippen molar-refractivity contribution < 1.29 is 18.0 Å². The van der Waals surface area contributed by atoms with Crippen molar-refractivity contribution >= 4 is 39.1 Å². The van der Waals surface area contributed by atoms with Crippen molar-refractivity contribution in [3.05, 3.63) is 94.0 Å². The minimum atomic E-state index is -4.16. The number of anilines is 1. The number of benzene rings is 3. The number of amides is 2. The molecular formula is C31H38ClN3O4S. The monoisotopic (exact) mass is 583 g/mol. The number of halogens is 1. The maximum Gasteiger partial charge on any atom is 0.264 e. The van der Waals surface area contributed by atoms with Crippen molar-refractivity contribution in [3.63, 3.8) is 0 Å². The van der Waals surface area contributed by atoms with Gasteiger partial charge < -0.3 is 10.2 Å². The minimum Gasteiger partial charge on any atom is -0.352 e. The van der Waals surface area contributed by atoms with Crippen LogP contribution >= 0.6 is 11.6 Å². The van der Waals surface area contributed by atoms with Gasteiger partial charge in [-0.3, -0.25) is 13.9 Å². The largest absolute Gasteiger partial charge is 0.352 e. The number of nitrogens with zero attached hydrogens (tertiary/aromatic N) is 2. The molecule has 0 spiro atoms. The minimum absolute atomic E-state index is 0.0536. The summed E-state index contributed by atoms with van der Waals surface area (Å²) in [6.07, 6.45) is 0.737. The summed E-state index contributed by atoms with van der Waals surface area (Å²) in [5.74, 6) is -0.816. The van der Waals surface area contributed by atoms with E-state index in [-0.39, 0.29) is 23.4 Å². The van der Waals surface area contributed by atoms with E-state index in [1.807, 2.05) is 52.0 Å². The van der Waals surface area contributed by atoms with Crippen LogP contribution in [0.2, 0.25) is 5.02 Å². The van der Waals surface area contributed by atoms with Crippen LogP contribution in [0.25, 0.3) is 0 Å². The number of sulfonamides is 1. The zero-order valence-electron chi connectivity index (χ0n) is 23.9. The van der Waals surface area contributed by atoms with E-state index in [1.54, 1.807) is 44.2 Å². The fourth-order valence-corrected chi connectivity index (χ4v) is 5.78. The maximum absolute atomic E-state index is 14.0. The molecule has 3 aromatic carbocycles. The van der Waals surface area contributed by atoms with Gasteiger partial charge in [0.25, 0.3) is 10.0 Å². The Morgan fingerprint density at radius 3 is 2.05 bits per heavy atom. The molecular weight excluding hydrogens is 546 g/mol. The highest BCUT2D eigenvalue weighted by molar-refractivity contribution is 7.92. The van der Waals surface area contributed by atoms with Crippen LogP contribution in [0.5, 0.6) is 0 Å². The van der Waals surface area contributed by atoms with E-state index in [4.69, 9.17) is 11.6 Å². The van der Waals surface area contributed by atoms with E-state index in [0.717, 1.165) is 27.4 Å². The topological polar surface area (TPSA) is 86.8 Å². The summed E-state index contributed by atoms with van der Waals surface area (Å²) < 4.78 is 29.1. The van der Waals surface area contributed by atoms with Crippen LogP contribution in [-0.4, -0.2) is 43.8 Å². The highest BCUT2D eigenvalue weighted by Gasteiger charge is 2.33. The van der Waals surface area contributed by atoms with Crippen molar-refractivity contribution in [2.45, 2.75) is 71.5 Å². The number of nitrogens with one attached hydrogen (secondary N) is 1. The van der Waals surface area contributed by atoms with Gasteiger partial charge in [-0.15, -0.1) is 0 Å². The van der Waals surface area contributed by atoms with E-state index < -0.39 is 28.5 Å². The lowest BCUT2D eigenvalue weighted by atomic mass is 10.1. The van der Waals surface area contributed by atoms with E-state index >= 15 is 0 Å². The number of hydrogen-bond acceptors (Lipinski definition) is 4. The summed E-state index contributed by atoms with van der Waals surface area (Å²) in [6.45, 7) is 10.8. The molecule has 7 nitrogen and oxygen atoms in total. The van der Waals surface area contributed by atoms with Crippen LogP contribution in [0.1, 0.15) is 49.4 Å². The molecule has 0 saturated heterocycles. The van der Waals surface area contributed by atoms with Crippen molar-refractivity contribution in [3.8, 4) is 0 Å². The molecule has 0 radical (unpaired) electrons. The van der Waals surface area contributed by atoms with Gasteiger partial charge >= 0.3 is 0 Å². The Labute approximate surface area is 243 Å². The lowest BCUT2D eigenvalue weighted by molar-refractivity contribution is -0.139. The molecule has 0 heterocycles. The van der Waals surface area contributed by atoms with Crippen LogP contribution < -0.4 is 9.62 Å². The maximum atomic E-state index is 14.0. The van der Waals surface area contributed by atoms with Gasteiger partial charge in [-0.1, -0.05) is 72.1 Å². The van der Waals surface area contributed by atoms with Crippen molar-refractivity contribution in [2.75, 3.05) is 10.8 Å². The second kappa shape index (κ2) is 13.3. The summed E-state index contributed by atoms with van der Waals surface area (Å²) in [5, 5.41) is 3.28. The molecule has 0 bridgehead atoms. The molecule has 0 aliphatic heterocycles. The third kappa shape index (κ3) is 7.64. The summed E-state index contributed by atoms with van der Waals surface area (Å²) in [5.41, 5.74) is 3.74. The number of carbonyl (C=O) groups excluding carboxylic acids is 2. The van der Waals surface area contributed by atoms with E-state index in [9.17, 15) is 18.0 Å². The van der Waals surface area contributed by atoms with Crippen LogP contribution in [-0.2, 0) is 26.2 Å². The lowest BCUT2D eigenvalue weighted by Gasteiger charge is -2.33. The summed E-state index contributed by atoms with van der Waals surface area (Å²) in [7, 11) is -4.16. The van der Waals surface area contributed by atoms with E-state index in [2.05, 4.69) is 5.32 Å². The van der Waals surface area contributed by atoms with E-state index in [1.165, 1.54) is 17.0 Å². The second-order valence-electron chi connectivity index (χ2n) is 10.3. The van der Waals surface area contributed by atoms with Gasteiger partial charge in [0, 0.05) is 17.6 Å². The summed E-state index contributed by atoms with van der Waals surface area (Å²) >= 11 is 6.28. The molecule has 0 aliphatic carbocycles. The van der Waals surface area contributed by atoms with Gasteiger partial charge in [0.1, 0.15) is 12.6 Å². The molecule has 1 N–H and O–H groups in total. The number of rotatable bonds is 11. The van der Waals surface area contributed by atoms with Crippen molar-refractivity contribution in [2.24, 2.45) is 0 Å². The molecule has 0 fully saturated rings. The third-order valence-electron chi connectivity index (χ3n) is 6.97. The van der Waals surface area contributed by atoms with Crippen LogP contribution in [0.3, 0.4) is 0 Å². The quantitative estimate of drug-likeness (QED) is 0.309. The average Bonchev–Trinajstić information content (AvgIpc) is 2.92. The van der Waals surface area contributed by atoms with Crippen LogP contribution in [0.4, 0.5) is 5.69 Å². The third-order valence-corrected chi connectivity index (χ3v) is 8.98. The SMILES string of the molecule is CC[C@@H](C)NC(=O)[C@@H](C)N(Cc1ccc(C)cc1)C(=O)CN(c1cc(Cl)ccc1C)S(=O)(=O)c1ccc(C)cc1. The Hall–Kier alpha value is -3.36.